The monoisotopic (exact) mass is 285 g/mol. The van der Waals surface area contributed by atoms with E-state index in [1.54, 1.807) is 12.1 Å². The fourth-order valence-corrected chi connectivity index (χ4v) is 2.16. The number of hydrogen-bond donors (Lipinski definition) is 1. The van der Waals surface area contributed by atoms with Crippen molar-refractivity contribution >= 4 is 5.91 Å². The lowest BCUT2D eigenvalue weighted by Crippen LogP contribution is -2.27. The van der Waals surface area contributed by atoms with Gasteiger partial charge < -0.3 is 5.32 Å². The maximum Gasteiger partial charge on any atom is 0.220 e. The Hall–Kier alpha value is -2.16. The predicted molar refractivity (Wildman–Crippen MR) is 82.6 cm³/mol. The first kappa shape index (κ1) is 15.2. The van der Waals surface area contributed by atoms with Gasteiger partial charge >= 0.3 is 0 Å². The molecule has 1 N–H and O–H groups in total. The second-order valence-electron chi connectivity index (χ2n) is 5.24. The number of hydrogen-bond acceptors (Lipinski definition) is 1. The average molecular weight is 285 g/mol. The van der Waals surface area contributed by atoms with Gasteiger partial charge in [0.15, 0.2) is 0 Å². The Bertz CT molecular complexity index is 566. The molecule has 2 rings (SSSR count). The summed E-state index contributed by atoms with van der Waals surface area (Å²) in [4.78, 5) is 11.8. The molecule has 110 valence electrons. The van der Waals surface area contributed by atoms with Crippen molar-refractivity contribution in [1.82, 2.24) is 5.32 Å². The molecule has 0 fully saturated rings. The molecule has 0 aliphatic heterocycles. The predicted octanol–water partition coefficient (Wildman–Crippen LogP) is 3.68. The molecule has 0 saturated carbocycles. The van der Waals surface area contributed by atoms with Crippen LogP contribution < -0.4 is 5.32 Å². The molecule has 2 nitrogen and oxygen atoms in total. The van der Waals surface area contributed by atoms with Gasteiger partial charge in [0.1, 0.15) is 5.82 Å². The summed E-state index contributed by atoms with van der Waals surface area (Å²) in [6.45, 7) is 2.72. The zero-order valence-corrected chi connectivity index (χ0v) is 12.2. The van der Waals surface area contributed by atoms with Gasteiger partial charge in [0.05, 0.1) is 0 Å². The van der Waals surface area contributed by atoms with Crippen LogP contribution in [0.3, 0.4) is 0 Å². The number of benzene rings is 2. The molecule has 0 aromatic heterocycles. The van der Waals surface area contributed by atoms with Gasteiger partial charge in [-0.25, -0.2) is 4.39 Å². The quantitative estimate of drug-likeness (QED) is 0.862. The van der Waals surface area contributed by atoms with E-state index in [1.807, 2.05) is 18.2 Å². The maximum absolute atomic E-state index is 12.8. The third-order valence-corrected chi connectivity index (χ3v) is 3.53. The number of carbonyl (C=O) groups is 1. The van der Waals surface area contributed by atoms with Crippen LogP contribution in [0.15, 0.2) is 54.6 Å². The van der Waals surface area contributed by atoms with Gasteiger partial charge in [0.25, 0.3) is 0 Å². The first-order chi connectivity index (χ1) is 10.1. The Kier molecular flexibility index (Phi) is 5.50. The molecule has 2 aromatic rings. The van der Waals surface area contributed by atoms with E-state index in [4.69, 9.17) is 0 Å². The van der Waals surface area contributed by atoms with Gasteiger partial charge in [0.2, 0.25) is 5.91 Å². The van der Waals surface area contributed by atoms with Crippen LogP contribution in [-0.4, -0.2) is 12.5 Å². The molecule has 1 atom stereocenters. The average Bonchev–Trinajstić information content (AvgIpc) is 2.53. The smallest absolute Gasteiger partial charge is 0.220 e. The van der Waals surface area contributed by atoms with Gasteiger partial charge in [-0.15, -0.1) is 0 Å². The van der Waals surface area contributed by atoms with Crippen LogP contribution in [0.25, 0.3) is 0 Å². The number of aryl methyl sites for hydroxylation is 1. The molecule has 0 heterocycles. The van der Waals surface area contributed by atoms with E-state index in [1.165, 1.54) is 17.7 Å². The molecule has 21 heavy (non-hydrogen) atoms. The summed E-state index contributed by atoms with van der Waals surface area (Å²) in [6, 6.07) is 16.4. The van der Waals surface area contributed by atoms with Crippen molar-refractivity contribution in [2.45, 2.75) is 25.7 Å². The lowest BCUT2D eigenvalue weighted by Gasteiger charge is -2.13. The molecule has 0 radical (unpaired) electrons. The fraction of sp³-hybridized carbons (Fsp3) is 0.278. The van der Waals surface area contributed by atoms with Crippen molar-refractivity contribution in [2.24, 2.45) is 0 Å². The molecular formula is C18H20FNO. The highest BCUT2D eigenvalue weighted by Gasteiger charge is 2.07. The molecule has 2 aromatic carbocycles. The molecule has 0 unspecified atom stereocenters. The van der Waals surface area contributed by atoms with Crippen molar-refractivity contribution in [2.75, 3.05) is 6.54 Å². The maximum atomic E-state index is 12.8. The SMILES string of the molecule is C[C@@H](CNC(=O)CCc1ccc(F)cc1)c1ccccc1. The Balaban J connectivity index is 1.73. The molecule has 0 spiro atoms. The second-order valence-corrected chi connectivity index (χ2v) is 5.24. The highest BCUT2D eigenvalue weighted by Crippen LogP contribution is 2.13. The largest absolute Gasteiger partial charge is 0.355 e. The lowest BCUT2D eigenvalue weighted by molar-refractivity contribution is -0.121. The number of halogens is 1. The van der Waals surface area contributed by atoms with E-state index in [0.717, 1.165) is 5.56 Å². The fourth-order valence-electron chi connectivity index (χ4n) is 2.16. The van der Waals surface area contributed by atoms with Crippen LogP contribution in [0.4, 0.5) is 4.39 Å². The van der Waals surface area contributed by atoms with Gasteiger partial charge in [0, 0.05) is 13.0 Å². The normalized spacial score (nSPS) is 11.9. The molecule has 0 saturated heterocycles. The van der Waals surface area contributed by atoms with Crippen LogP contribution in [-0.2, 0) is 11.2 Å². The van der Waals surface area contributed by atoms with E-state index in [0.29, 0.717) is 25.3 Å². The minimum atomic E-state index is -0.250. The third kappa shape index (κ3) is 5.03. The zero-order valence-electron chi connectivity index (χ0n) is 12.2. The Morgan fingerprint density at radius 3 is 2.43 bits per heavy atom. The van der Waals surface area contributed by atoms with Gasteiger partial charge in [-0.1, -0.05) is 49.4 Å². The van der Waals surface area contributed by atoms with E-state index in [2.05, 4.69) is 24.4 Å². The Morgan fingerprint density at radius 1 is 1.10 bits per heavy atom. The molecular weight excluding hydrogens is 265 g/mol. The first-order valence-electron chi connectivity index (χ1n) is 7.21. The van der Waals surface area contributed by atoms with Crippen molar-refractivity contribution in [3.8, 4) is 0 Å². The van der Waals surface area contributed by atoms with E-state index >= 15 is 0 Å². The lowest BCUT2D eigenvalue weighted by atomic mass is 10.0. The highest BCUT2D eigenvalue weighted by atomic mass is 19.1. The zero-order chi connectivity index (χ0) is 15.1. The summed E-state index contributed by atoms with van der Waals surface area (Å²) < 4.78 is 12.8. The Labute approximate surface area is 125 Å². The molecule has 3 heteroatoms. The topological polar surface area (TPSA) is 29.1 Å². The third-order valence-electron chi connectivity index (χ3n) is 3.53. The van der Waals surface area contributed by atoms with Crippen molar-refractivity contribution < 1.29 is 9.18 Å². The van der Waals surface area contributed by atoms with Crippen molar-refractivity contribution in [3.05, 3.63) is 71.5 Å². The molecule has 0 aliphatic carbocycles. The Morgan fingerprint density at radius 2 is 1.76 bits per heavy atom. The minimum absolute atomic E-state index is 0.0297. The summed E-state index contributed by atoms with van der Waals surface area (Å²) in [5, 5.41) is 2.95. The van der Waals surface area contributed by atoms with E-state index in [9.17, 15) is 9.18 Å². The summed E-state index contributed by atoms with van der Waals surface area (Å²) in [6.07, 6.45) is 1.05. The number of amides is 1. The minimum Gasteiger partial charge on any atom is -0.355 e. The summed E-state index contributed by atoms with van der Waals surface area (Å²) >= 11 is 0. The van der Waals surface area contributed by atoms with Crippen LogP contribution in [0.1, 0.15) is 30.4 Å². The first-order valence-corrected chi connectivity index (χ1v) is 7.21. The van der Waals surface area contributed by atoms with Gasteiger partial charge in [-0.2, -0.15) is 0 Å². The number of rotatable bonds is 6. The van der Waals surface area contributed by atoms with Crippen LogP contribution in [0.5, 0.6) is 0 Å². The van der Waals surface area contributed by atoms with Crippen LogP contribution >= 0.6 is 0 Å². The summed E-state index contributed by atoms with van der Waals surface area (Å²) in [7, 11) is 0. The number of nitrogens with one attached hydrogen (secondary N) is 1. The summed E-state index contributed by atoms with van der Waals surface area (Å²) in [5.41, 5.74) is 2.19. The van der Waals surface area contributed by atoms with Gasteiger partial charge in [-0.3, -0.25) is 4.79 Å². The summed E-state index contributed by atoms with van der Waals surface area (Å²) in [5.74, 6) is 0.0722. The second kappa shape index (κ2) is 7.58. The molecule has 1 amide bonds. The highest BCUT2D eigenvalue weighted by molar-refractivity contribution is 5.76. The van der Waals surface area contributed by atoms with Gasteiger partial charge in [-0.05, 0) is 35.6 Å². The van der Waals surface area contributed by atoms with Crippen molar-refractivity contribution in [3.63, 3.8) is 0 Å². The molecule has 0 bridgehead atoms. The standard InChI is InChI=1S/C18H20FNO/c1-14(16-5-3-2-4-6-16)13-20-18(21)12-9-15-7-10-17(19)11-8-15/h2-8,10-11,14H,9,12-13H2,1H3,(H,20,21)/t14-/m0/s1. The molecule has 0 aliphatic rings. The van der Waals surface area contributed by atoms with E-state index in [-0.39, 0.29) is 11.7 Å². The van der Waals surface area contributed by atoms with E-state index < -0.39 is 0 Å². The van der Waals surface area contributed by atoms with Crippen molar-refractivity contribution in [1.29, 1.82) is 0 Å². The van der Waals surface area contributed by atoms with Crippen LogP contribution in [0.2, 0.25) is 0 Å². The van der Waals surface area contributed by atoms with Crippen LogP contribution in [0, 0.1) is 5.82 Å². The number of carbonyl (C=O) groups excluding carboxylic acids is 1.